The van der Waals surface area contributed by atoms with Crippen molar-refractivity contribution in [1.82, 2.24) is 4.90 Å². The Bertz CT molecular complexity index is 245. The van der Waals surface area contributed by atoms with Gasteiger partial charge in [0.2, 0.25) is 0 Å². The van der Waals surface area contributed by atoms with Crippen LogP contribution in [0.15, 0.2) is 11.5 Å². The maximum atomic E-state index is 2.79. The van der Waals surface area contributed by atoms with Crippen LogP contribution in [-0.2, 0) is 0 Å². The van der Waals surface area contributed by atoms with E-state index in [9.17, 15) is 0 Å². The van der Waals surface area contributed by atoms with Gasteiger partial charge in [-0.05, 0) is 50.1 Å². The van der Waals surface area contributed by atoms with E-state index < -0.39 is 0 Å². The monoisotopic (exact) mass is 223 g/mol. The average Bonchev–Trinajstić information content (AvgIpc) is 2.78. The van der Waals surface area contributed by atoms with Crippen LogP contribution in [0.2, 0.25) is 0 Å². The first-order valence-electron chi connectivity index (χ1n) is 6.51. The van der Waals surface area contributed by atoms with Crippen LogP contribution < -0.4 is 0 Å². The Kier molecular flexibility index (Phi) is 3.07. The van der Waals surface area contributed by atoms with Crippen molar-refractivity contribution in [2.24, 2.45) is 5.92 Å². The molecule has 3 aliphatic rings. The standard InChI is InChI=1S/C13H21NS/c1-2-8-14(9-3-1)12-6-4-5-11-7-10-15-13(11)12/h7,10-13H,1-6,8-9H2. The van der Waals surface area contributed by atoms with Gasteiger partial charge in [0.25, 0.3) is 0 Å². The largest absolute Gasteiger partial charge is 0.299 e. The average molecular weight is 223 g/mol. The summed E-state index contributed by atoms with van der Waals surface area (Å²) in [5.41, 5.74) is 0. The van der Waals surface area contributed by atoms with Crippen LogP contribution in [0.3, 0.4) is 0 Å². The molecule has 1 saturated heterocycles. The van der Waals surface area contributed by atoms with Gasteiger partial charge in [-0.25, -0.2) is 0 Å². The summed E-state index contributed by atoms with van der Waals surface area (Å²) in [6.45, 7) is 2.74. The van der Waals surface area contributed by atoms with E-state index in [4.69, 9.17) is 0 Å². The van der Waals surface area contributed by atoms with Crippen LogP contribution in [0.1, 0.15) is 38.5 Å². The molecule has 0 aromatic carbocycles. The van der Waals surface area contributed by atoms with Gasteiger partial charge in [-0.2, -0.15) is 0 Å². The fraction of sp³-hybridized carbons (Fsp3) is 0.846. The van der Waals surface area contributed by atoms with Crippen molar-refractivity contribution in [3.63, 3.8) is 0 Å². The van der Waals surface area contributed by atoms with Crippen LogP contribution in [0.25, 0.3) is 0 Å². The van der Waals surface area contributed by atoms with Gasteiger partial charge < -0.3 is 0 Å². The highest BCUT2D eigenvalue weighted by Crippen LogP contribution is 2.42. The minimum atomic E-state index is 0.893. The lowest BCUT2D eigenvalue weighted by Crippen LogP contribution is -2.48. The van der Waals surface area contributed by atoms with Crippen LogP contribution >= 0.6 is 11.8 Å². The SMILES string of the molecule is C1=CC2CCCC(N3CCCCC3)C2S1. The van der Waals surface area contributed by atoms with Gasteiger partial charge in [-0.1, -0.05) is 18.9 Å². The van der Waals surface area contributed by atoms with Gasteiger partial charge in [-0.3, -0.25) is 4.90 Å². The van der Waals surface area contributed by atoms with Crippen molar-refractivity contribution in [1.29, 1.82) is 0 Å². The van der Waals surface area contributed by atoms with E-state index in [1.165, 1.54) is 51.6 Å². The molecule has 2 heteroatoms. The molecule has 2 fully saturated rings. The zero-order valence-electron chi connectivity index (χ0n) is 9.40. The van der Waals surface area contributed by atoms with Crippen molar-refractivity contribution in [3.8, 4) is 0 Å². The highest BCUT2D eigenvalue weighted by atomic mass is 32.2. The molecule has 2 aliphatic heterocycles. The zero-order chi connectivity index (χ0) is 10.1. The van der Waals surface area contributed by atoms with Crippen molar-refractivity contribution < 1.29 is 0 Å². The topological polar surface area (TPSA) is 3.24 Å². The smallest absolute Gasteiger partial charge is 0.0307 e. The molecule has 3 unspecified atom stereocenters. The van der Waals surface area contributed by atoms with Gasteiger partial charge >= 0.3 is 0 Å². The lowest BCUT2D eigenvalue weighted by molar-refractivity contribution is 0.125. The highest BCUT2D eigenvalue weighted by molar-refractivity contribution is 8.03. The van der Waals surface area contributed by atoms with Crippen LogP contribution in [0, 0.1) is 5.92 Å². The molecule has 0 amide bonds. The summed E-state index contributed by atoms with van der Waals surface area (Å²) >= 11 is 2.11. The van der Waals surface area contributed by atoms with E-state index in [1.54, 1.807) is 0 Å². The first kappa shape index (κ1) is 10.2. The number of rotatable bonds is 1. The molecular weight excluding hydrogens is 202 g/mol. The van der Waals surface area contributed by atoms with Crippen molar-refractivity contribution >= 4 is 11.8 Å². The first-order valence-corrected chi connectivity index (χ1v) is 7.45. The van der Waals surface area contributed by atoms with E-state index in [0.29, 0.717) is 0 Å². The number of nitrogens with zero attached hydrogens (tertiary/aromatic N) is 1. The third-order valence-corrected chi connectivity index (χ3v) is 5.55. The highest BCUT2D eigenvalue weighted by Gasteiger charge is 2.37. The molecule has 0 aromatic heterocycles. The van der Waals surface area contributed by atoms with E-state index in [0.717, 1.165) is 17.2 Å². The molecule has 3 atom stereocenters. The molecular formula is C13H21NS. The molecule has 3 rings (SSSR count). The fourth-order valence-electron chi connectivity index (χ4n) is 3.45. The molecule has 0 bridgehead atoms. The molecule has 15 heavy (non-hydrogen) atoms. The quantitative estimate of drug-likeness (QED) is 0.671. The number of allylic oxidation sites excluding steroid dienone is 1. The van der Waals surface area contributed by atoms with E-state index in [2.05, 4.69) is 28.1 Å². The fourth-order valence-corrected chi connectivity index (χ4v) is 4.84. The van der Waals surface area contributed by atoms with Crippen molar-refractivity contribution in [3.05, 3.63) is 11.5 Å². The summed E-state index contributed by atoms with van der Waals surface area (Å²) in [7, 11) is 0. The maximum Gasteiger partial charge on any atom is 0.0307 e. The van der Waals surface area contributed by atoms with Gasteiger partial charge in [0.05, 0.1) is 0 Å². The molecule has 2 heterocycles. The number of likely N-dealkylation sites (tertiary alicyclic amines) is 1. The van der Waals surface area contributed by atoms with Crippen LogP contribution in [0.4, 0.5) is 0 Å². The summed E-state index contributed by atoms with van der Waals surface area (Å²) < 4.78 is 0. The second-order valence-corrected chi connectivity index (χ2v) is 6.28. The summed E-state index contributed by atoms with van der Waals surface area (Å²) in [4.78, 5) is 2.79. The normalized spacial score (nSPS) is 41.7. The van der Waals surface area contributed by atoms with Gasteiger partial charge in [0.15, 0.2) is 0 Å². The third kappa shape index (κ3) is 1.99. The summed E-state index contributed by atoms with van der Waals surface area (Å²) in [5, 5.41) is 3.26. The van der Waals surface area contributed by atoms with Crippen molar-refractivity contribution in [2.75, 3.05) is 13.1 Å². The lowest BCUT2D eigenvalue weighted by atomic mass is 9.84. The van der Waals surface area contributed by atoms with E-state index in [-0.39, 0.29) is 0 Å². The number of thioether (sulfide) groups is 1. The molecule has 1 nitrogen and oxygen atoms in total. The molecule has 0 aromatic rings. The second kappa shape index (κ2) is 4.50. The van der Waals surface area contributed by atoms with Crippen molar-refractivity contribution in [2.45, 2.75) is 49.8 Å². The molecule has 1 saturated carbocycles. The first-order chi connectivity index (χ1) is 7.45. The molecule has 0 N–H and O–H groups in total. The van der Waals surface area contributed by atoms with Gasteiger partial charge in [0, 0.05) is 11.3 Å². The van der Waals surface area contributed by atoms with Gasteiger partial charge in [0.1, 0.15) is 0 Å². The van der Waals surface area contributed by atoms with Gasteiger partial charge in [-0.15, -0.1) is 11.8 Å². The second-order valence-electron chi connectivity index (χ2n) is 5.19. The maximum absolute atomic E-state index is 2.79. The Labute approximate surface area is 97.3 Å². The van der Waals surface area contributed by atoms with E-state index in [1.807, 2.05) is 0 Å². The number of fused-ring (bicyclic) bond motifs is 1. The third-order valence-electron chi connectivity index (χ3n) is 4.26. The minimum absolute atomic E-state index is 0.893. The Hall–Kier alpha value is 0.0500. The molecule has 84 valence electrons. The molecule has 0 spiro atoms. The Morgan fingerprint density at radius 2 is 1.87 bits per heavy atom. The number of hydrogen-bond donors (Lipinski definition) is 0. The van der Waals surface area contributed by atoms with Crippen LogP contribution in [-0.4, -0.2) is 29.3 Å². The number of hydrogen-bond acceptors (Lipinski definition) is 2. The van der Waals surface area contributed by atoms with Crippen LogP contribution in [0.5, 0.6) is 0 Å². The molecule has 0 radical (unpaired) electrons. The predicted octanol–water partition coefficient (Wildman–Crippen LogP) is 3.27. The Balaban J connectivity index is 1.68. The summed E-state index contributed by atoms with van der Waals surface area (Å²) in [5.74, 6) is 0.899. The number of piperidine rings is 1. The Morgan fingerprint density at radius 3 is 2.73 bits per heavy atom. The van der Waals surface area contributed by atoms with E-state index >= 15 is 0 Å². The predicted molar refractivity (Wildman–Crippen MR) is 67.1 cm³/mol. The molecule has 1 aliphatic carbocycles. The summed E-state index contributed by atoms with van der Waals surface area (Å²) in [6.07, 6.45) is 11.1. The summed E-state index contributed by atoms with van der Waals surface area (Å²) in [6, 6.07) is 0.893. The zero-order valence-corrected chi connectivity index (χ0v) is 10.2. The Morgan fingerprint density at radius 1 is 1.00 bits per heavy atom. The minimum Gasteiger partial charge on any atom is -0.299 e. The lowest BCUT2D eigenvalue weighted by Gasteiger charge is -2.42.